The average Bonchev–Trinajstić information content (AvgIpc) is 2.50. The van der Waals surface area contributed by atoms with E-state index in [0.717, 1.165) is 5.56 Å². The first kappa shape index (κ1) is 24.4. The van der Waals surface area contributed by atoms with Crippen molar-refractivity contribution >= 4 is 41.7 Å². The summed E-state index contributed by atoms with van der Waals surface area (Å²) < 4.78 is 29.5. The van der Waals surface area contributed by atoms with Crippen molar-refractivity contribution in [2.45, 2.75) is 39.2 Å². The summed E-state index contributed by atoms with van der Waals surface area (Å²) in [5.74, 6) is 0.337. The molecule has 1 aromatic rings. The second kappa shape index (κ2) is 11.9. The van der Waals surface area contributed by atoms with E-state index in [4.69, 9.17) is 4.74 Å². The predicted octanol–water partition coefficient (Wildman–Crippen LogP) is 3.62. The molecular formula is C17H27F2IN4O2. The Balaban J connectivity index is 0.00000625. The van der Waals surface area contributed by atoms with Crippen LogP contribution in [0, 0.1) is 0 Å². The lowest BCUT2D eigenvalue weighted by molar-refractivity contribution is 0.0636. The fraction of sp³-hybridized carbons (Fsp3) is 0.529. The number of rotatable bonds is 6. The molecule has 0 fully saturated rings. The summed E-state index contributed by atoms with van der Waals surface area (Å²) in [6, 6.07) is 7.32. The highest BCUT2D eigenvalue weighted by Crippen LogP contribution is 2.13. The van der Waals surface area contributed by atoms with Crippen LogP contribution in [0.5, 0.6) is 0 Å². The van der Waals surface area contributed by atoms with Crippen LogP contribution in [-0.2, 0) is 11.2 Å². The molecule has 0 bridgehead atoms. The molecule has 0 spiro atoms. The van der Waals surface area contributed by atoms with Crippen LogP contribution in [0.3, 0.4) is 0 Å². The maximum Gasteiger partial charge on any atom is 0.412 e. The Morgan fingerprint density at radius 3 is 2.31 bits per heavy atom. The lowest BCUT2D eigenvalue weighted by atomic mass is 10.1. The molecule has 0 heterocycles. The Kier molecular flexibility index (Phi) is 11.1. The third-order valence-corrected chi connectivity index (χ3v) is 2.95. The summed E-state index contributed by atoms with van der Waals surface area (Å²) in [4.78, 5) is 15.6. The molecule has 0 aliphatic rings. The number of alkyl halides is 2. The number of carbonyl (C=O) groups is 1. The fourth-order valence-corrected chi connectivity index (χ4v) is 1.90. The van der Waals surface area contributed by atoms with Crippen molar-refractivity contribution in [2.75, 3.05) is 25.5 Å². The highest BCUT2D eigenvalue weighted by molar-refractivity contribution is 14.0. The van der Waals surface area contributed by atoms with Gasteiger partial charge in [0.2, 0.25) is 0 Å². The van der Waals surface area contributed by atoms with E-state index in [0.29, 0.717) is 24.6 Å². The lowest BCUT2D eigenvalue weighted by Gasteiger charge is -2.19. The summed E-state index contributed by atoms with van der Waals surface area (Å²) in [7, 11) is 1.53. The standard InChI is InChI=1S/C17H26F2N4O2.HI/c1-17(2,3)25-16(24)23-13-7-5-12(6-8-13)9-10-21-15(20-4)22-11-14(18)19;/h5-8,14H,9-11H2,1-4H3,(H,23,24)(H2,20,21,22);1H. The number of ether oxygens (including phenoxy) is 1. The van der Waals surface area contributed by atoms with Gasteiger partial charge in [0.05, 0.1) is 6.54 Å². The van der Waals surface area contributed by atoms with Crippen LogP contribution in [-0.4, -0.2) is 44.2 Å². The minimum atomic E-state index is -2.43. The second-order valence-corrected chi connectivity index (χ2v) is 6.34. The van der Waals surface area contributed by atoms with Gasteiger partial charge in [-0.3, -0.25) is 10.3 Å². The van der Waals surface area contributed by atoms with E-state index in [1.165, 1.54) is 7.05 Å². The number of guanidine groups is 1. The Morgan fingerprint density at radius 2 is 1.81 bits per heavy atom. The summed E-state index contributed by atoms with van der Waals surface area (Å²) >= 11 is 0. The van der Waals surface area contributed by atoms with Gasteiger partial charge in [0, 0.05) is 19.3 Å². The molecule has 0 aromatic heterocycles. The molecule has 0 saturated heterocycles. The largest absolute Gasteiger partial charge is 0.444 e. The predicted molar refractivity (Wildman–Crippen MR) is 111 cm³/mol. The van der Waals surface area contributed by atoms with Gasteiger partial charge in [-0.05, 0) is 44.9 Å². The van der Waals surface area contributed by atoms with E-state index in [1.807, 2.05) is 12.1 Å². The van der Waals surface area contributed by atoms with E-state index < -0.39 is 24.7 Å². The summed E-state index contributed by atoms with van der Waals surface area (Å²) in [5.41, 5.74) is 1.12. The zero-order valence-corrected chi connectivity index (χ0v) is 17.8. The molecule has 0 aliphatic carbocycles. The lowest BCUT2D eigenvalue weighted by Crippen LogP contribution is -2.40. The quantitative estimate of drug-likeness (QED) is 0.328. The number of hydrogen-bond acceptors (Lipinski definition) is 3. The second-order valence-electron chi connectivity index (χ2n) is 6.34. The van der Waals surface area contributed by atoms with Gasteiger partial charge in [-0.1, -0.05) is 12.1 Å². The Labute approximate surface area is 170 Å². The third kappa shape index (κ3) is 11.1. The molecule has 1 rings (SSSR count). The smallest absolute Gasteiger partial charge is 0.412 e. The average molecular weight is 484 g/mol. The van der Waals surface area contributed by atoms with Crippen molar-refractivity contribution in [3.8, 4) is 0 Å². The Hall–Kier alpha value is -1.65. The number of nitrogens with one attached hydrogen (secondary N) is 3. The first-order valence-electron chi connectivity index (χ1n) is 8.01. The number of aliphatic imine (C=N–C) groups is 1. The minimum Gasteiger partial charge on any atom is -0.444 e. The molecular weight excluding hydrogens is 457 g/mol. The van der Waals surface area contributed by atoms with Gasteiger partial charge in [-0.25, -0.2) is 13.6 Å². The summed E-state index contributed by atoms with van der Waals surface area (Å²) in [6.45, 7) is 5.50. The van der Waals surface area contributed by atoms with Gasteiger partial charge in [-0.2, -0.15) is 0 Å². The topological polar surface area (TPSA) is 74.8 Å². The van der Waals surface area contributed by atoms with Crippen molar-refractivity contribution in [3.05, 3.63) is 29.8 Å². The van der Waals surface area contributed by atoms with E-state index in [9.17, 15) is 13.6 Å². The molecule has 148 valence electrons. The fourth-order valence-electron chi connectivity index (χ4n) is 1.90. The first-order valence-corrected chi connectivity index (χ1v) is 8.01. The number of anilines is 1. The van der Waals surface area contributed by atoms with Crippen LogP contribution < -0.4 is 16.0 Å². The van der Waals surface area contributed by atoms with Crippen molar-refractivity contribution in [1.82, 2.24) is 10.6 Å². The van der Waals surface area contributed by atoms with Gasteiger partial charge >= 0.3 is 6.09 Å². The number of halogens is 3. The molecule has 0 aliphatic heterocycles. The molecule has 0 unspecified atom stereocenters. The molecule has 3 N–H and O–H groups in total. The summed E-state index contributed by atoms with van der Waals surface area (Å²) in [5, 5.41) is 8.15. The number of hydrogen-bond donors (Lipinski definition) is 3. The third-order valence-electron chi connectivity index (χ3n) is 2.95. The Bertz CT molecular complexity index is 575. The van der Waals surface area contributed by atoms with Crippen molar-refractivity contribution in [2.24, 2.45) is 4.99 Å². The van der Waals surface area contributed by atoms with Crippen LogP contribution in [0.4, 0.5) is 19.3 Å². The normalized spacial score (nSPS) is 11.6. The molecule has 1 amide bonds. The molecule has 1 aromatic carbocycles. The number of carbonyl (C=O) groups excluding carboxylic acids is 1. The molecule has 0 atom stereocenters. The molecule has 26 heavy (non-hydrogen) atoms. The molecule has 0 radical (unpaired) electrons. The van der Waals surface area contributed by atoms with E-state index >= 15 is 0 Å². The van der Waals surface area contributed by atoms with E-state index in [1.54, 1.807) is 32.9 Å². The molecule has 0 saturated carbocycles. The van der Waals surface area contributed by atoms with Crippen molar-refractivity contribution in [1.29, 1.82) is 0 Å². The highest BCUT2D eigenvalue weighted by Gasteiger charge is 2.16. The molecule has 6 nitrogen and oxygen atoms in total. The van der Waals surface area contributed by atoms with Gasteiger partial charge in [-0.15, -0.1) is 24.0 Å². The SMILES string of the molecule is CN=C(NCCc1ccc(NC(=O)OC(C)(C)C)cc1)NCC(F)F.I. The molecule has 9 heteroatoms. The number of benzene rings is 1. The van der Waals surface area contributed by atoms with Gasteiger partial charge in [0.15, 0.2) is 5.96 Å². The minimum absolute atomic E-state index is 0. The van der Waals surface area contributed by atoms with Crippen LogP contribution >= 0.6 is 24.0 Å². The van der Waals surface area contributed by atoms with Crippen LogP contribution in [0.1, 0.15) is 26.3 Å². The summed E-state index contributed by atoms with van der Waals surface area (Å²) in [6.07, 6.45) is -2.25. The van der Waals surface area contributed by atoms with E-state index in [-0.39, 0.29) is 24.0 Å². The van der Waals surface area contributed by atoms with Crippen molar-refractivity contribution in [3.63, 3.8) is 0 Å². The van der Waals surface area contributed by atoms with Crippen LogP contribution in [0.15, 0.2) is 29.3 Å². The highest BCUT2D eigenvalue weighted by atomic mass is 127. The zero-order chi connectivity index (χ0) is 18.9. The number of nitrogens with zero attached hydrogens (tertiary/aromatic N) is 1. The zero-order valence-electron chi connectivity index (χ0n) is 15.4. The van der Waals surface area contributed by atoms with Crippen LogP contribution in [0.2, 0.25) is 0 Å². The van der Waals surface area contributed by atoms with Gasteiger partial charge in [0.25, 0.3) is 6.43 Å². The van der Waals surface area contributed by atoms with E-state index in [2.05, 4.69) is 20.9 Å². The van der Waals surface area contributed by atoms with Crippen molar-refractivity contribution < 1.29 is 18.3 Å². The van der Waals surface area contributed by atoms with Gasteiger partial charge < -0.3 is 15.4 Å². The maximum absolute atomic E-state index is 12.2. The van der Waals surface area contributed by atoms with Gasteiger partial charge in [0.1, 0.15) is 5.60 Å². The first-order chi connectivity index (χ1) is 11.7. The maximum atomic E-state index is 12.2. The number of amides is 1. The van der Waals surface area contributed by atoms with Crippen LogP contribution in [0.25, 0.3) is 0 Å². The monoisotopic (exact) mass is 484 g/mol. The Morgan fingerprint density at radius 1 is 1.19 bits per heavy atom.